The zero-order chi connectivity index (χ0) is 18.9. The zero-order valence-electron chi connectivity index (χ0n) is 14.4. The molecule has 0 radical (unpaired) electrons. The third kappa shape index (κ3) is 5.36. The lowest BCUT2D eigenvalue weighted by Crippen LogP contribution is -2.09. The van der Waals surface area contributed by atoms with Crippen LogP contribution in [0.1, 0.15) is 47.7 Å². The summed E-state index contributed by atoms with van der Waals surface area (Å²) in [5.41, 5.74) is 0.437. The average Bonchev–Trinajstić information content (AvgIpc) is 2.62. The molecule has 0 aliphatic rings. The molecule has 2 rings (SSSR count). The third-order valence-corrected chi connectivity index (χ3v) is 3.69. The van der Waals surface area contributed by atoms with Crippen molar-refractivity contribution in [1.82, 2.24) is 0 Å². The maximum absolute atomic E-state index is 13.5. The number of carbonyl (C=O) groups is 1. The molecule has 0 aromatic heterocycles. The van der Waals surface area contributed by atoms with E-state index in [0.717, 1.165) is 37.0 Å². The fourth-order valence-electron chi connectivity index (χ4n) is 2.26. The molecule has 0 spiro atoms. The largest absolute Gasteiger partial charge is 0.423 e. The number of halogens is 2. The quantitative estimate of drug-likeness (QED) is 0.387. The summed E-state index contributed by atoms with van der Waals surface area (Å²) in [6, 6.07) is 9.60. The standard InChI is InChI=1S/C20H19F2NO3/c1-2-3-4-9-25-13-14-5-7-15(8-6-14)20(24)26-16-10-18(21)17(12-23)19(22)11-16/h5-8,10-11H,2-4,9,13H2,1H3. The second kappa shape index (κ2) is 9.64. The van der Waals surface area contributed by atoms with Gasteiger partial charge in [-0.3, -0.25) is 0 Å². The van der Waals surface area contributed by atoms with Gasteiger partial charge in [-0.05, 0) is 24.1 Å². The van der Waals surface area contributed by atoms with Gasteiger partial charge in [-0.2, -0.15) is 5.26 Å². The van der Waals surface area contributed by atoms with E-state index in [1.807, 2.05) is 0 Å². The minimum Gasteiger partial charge on any atom is -0.423 e. The highest BCUT2D eigenvalue weighted by Gasteiger charge is 2.14. The first-order chi connectivity index (χ1) is 12.5. The molecule has 0 aliphatic heterocycles. The molecular formula is C20H19F2NO3. The van der Waals surface area contributed by atoms with Crippen molar-refractivity contribution in [3.05, 3.63) is 64.7 Å². The first-order valence-electron chi connectivity index (χ1n) is 8.33. The summed E-state index contributed by atoms with van der Waals surface area (Å²) in [7, 11) is 0. The van der Waals surface area contributed by atoms with Crippen LogP contribution in [0.15, 0.2) is 36.4 Å². The van der Waals surface area contributed by atoms with E-state index in [1.54, 1.807) is 24.3 Å². The van der Waals surface area contributed by atoms with Gasteiger partial charge < -0.3 is 9.47 Å². The summed E-state index contributed by atoms with van der Waals surface area (Å²) in [5, 5.41) is 8.63. The van der Waals surface area contributed by atoms with Crippen LogP contribution in [0.25, 0.3) is 0 Å². The van der Waals surface area contributed by atoms with Crippen LogP contribution in [0.3, 0.4) is 0 Å². The fourth-order valence-corrected chi connectivity index (χ4v) is 2.26. The minimum atomic E-state index is -1.08. The van der Waals surface area contributed by atoms with Crippen molar-refractivity contribution >= 4 is 5.97 Å². The molecule has 0 amide bonds. The highest BCUT2D eigenvalue weighted by molar-refractivity contribution is 5.91. The van der Waals surface area contributed by atoms with Crippen LogP contribution in [0.4, 0.5) is 8.78 Å². The van der Waals surface area contributed by atoms with Crippen molar-refractivity contribution in [3.8, 4) is 11.8 Å². The van der Waals surface area contributed by atoms with Crippen molar-refractivity contribution < 1.29 is 23.0 Å². The van der Waals surface area contributed by atoms with E-state index in [1.165, 1.54) is 6.07 Å². The van der Waals surface area contributed by atoms with Crippen LogP contribution < -0.4 is 4.74 Å². The molecular weight excluding hydrogens is 340 g/mol. The Bertz CT molecular complexity index is 775. The molecule has 6 heteroatoms. The highest BCUT2D eigenvalue weighted by Crippen LogP contribution is 2.21. The second-order valence-corrected chi connectivity index (χ2v) is 5.72. The lowest BCUT2D eigenvalue weighted by atomic mass is 10.1. The van der Waals surface area contributed by atoms with E-state index < -0.39 is 23.2 Å². The maximum atomic E-state index is 13.5. The number of ether oxygens (including phenoxy) is 2. The number of hydrogen-bond donors (Lipinski definition) is 0. The Kier molecular flexibility index (Phi) is 7.24. The molecule has 0 aliphatic carbocycles. The predicted molar refractivity (Wildman–Crippen MR) is 91.7 cm³/mol. The first-order valence-corrected chi connectivity index (χ1v) is 8.33. The predicted octanol–water partition coefficient (Wildman–Crippen LogP) is 4.76. The highest BCUT2D eigenvalue weighted by atomic mass is 19.1. The lowest BCUT2D eigenvalue weighted by Gasteiger charge is -2.07. The van der Waals surface area contributed by atoms with E-state index in [-0.39, 0.29) is 11.3 Å². The number of esters is 1. The van der Waals surface area contributed by atoms with Crippen LogP contribution in [0.5, 0.6) is 5.75 Å². The van der Waals surface area contributed by atoms with Crippen LogP contribution >= 0.6 is 0 Å². The number of nitrogens with zero attached hydrogens (tertiary/aromatic N) is 1. The van der Waals surface area contributed by atoms with Gasteiger partial charge in [0.05, 0.1) is 12.2 Å². The Morgan fingerprint density at radius 2 is 1.77 bits per heavy atom. The topological polar surface area (TPSA) is 59.3 Å². The fraction of sp³-hybridized carbons (Fsp3) is 0.300. The minimum absolute atomic E-state index is 0.241. The molecule has 0 saturated heterocycles. The molecule has 0 unspecified atom stereocenters. The molecule has 0 saturated carbocycles. The van der Waals surface area contributed by atoms with Gasteiger partial charge in [0.15, 0.2) is 0 Å². The molecule has 26 heavy (non-hydrogen) atoms. The summed E-state index contributed by atoms with van der Waals surface area (Å²) < 4.78 is 37.6. The summed E-state index contributed by atoms with van der Waals surface area (Å²) in [4.78, 5) is 12.1. The Labute approximate surface area is 151 Å². The van der Waals surface area contributed by atoms with E-state index in [0.29, 0.717) is 13.2 Å². The number of benzene rings is 2. The third-order valence-electron chi connectivity index (χ3n) is 3.69. The van der Waals surface area contributed by atoms with Gasteiger partial charge >= 0.3 is 5.97 Å². The molecule has 0 heterocycles. The van der Waals surface area contributed by atoms with E-state index in [2.05, 4.69) is 6.92 Å². The van der Waals surface area contributed by atoms with E-state index >= 15 is 0 Å². The van der Waals surface area contributed by atoms with Gasteiger partial charge in [0.25, 0.3) is 0 Å². The molecule has 2 aromatic carbocycles. The number of hydrogen-bond acceptors (Lipinski definition) is 4. The van der Waals surface area contributed by atoms with Crippen LogP contribution in [0, 0.1) is 23.0 Å². The smallest absolute Gasteiger partial charge is 0.343 e. The second-order valence-electron chi connectivity index (χ2n) is 5.72. The Morgan fingerprint density at radius 1 is 1.12 bits per heavy atom. The van der Waals surface area contributed by atoms with Gasteiger partial charge in [-0.25, -0.2) is 13.6 Å². The summed E-state index contributed by atoms with van der Waals surface area (Å²) >= 11 is 0. The number of nitriles is 1. The first kappa shape index (κ1) is 19.5. The lowest BCUT2D eigenvalue weighted by molar-refractivity contribution is 0.0733. The van der Waals surface area contributed by atoms with Crippen LogP contribution in [-0.4, -0.2) is 12.6 Å². The molecule has 0 N–H and O–H groups in total. The number of unbranched alkanes of at least 4 members (excludes halogenated alkanes) is 2. The number of rotatable bonds is 8. The molecule has 0 atom stereocenters. The average molecular weight is 359 g/mol. The van der Waals surface area contributed by atoms with Crippen molar-refractivity contribution in [2.45, 2.75) is 32.8 Å². The van der Waals surface area contributed by atoms with Crippen molar-refractivity contribution in [1.29, 1.82) is 5.26 Å². The van der Waals surface area contributed by atoms with Gasteiger partial charge in [-0.1, -0.05) is 31.9 Å². The maximum Gasteiger partial charge on any atom is 0.343 e. The van der Waals surface area contributed by atoms with Crippen molar-refractivity contribution in [3.63, 3.8) is 0 Å². The normalized spacial score (nSPS) is 10.4. The van der Waals surface area contributed by atoms with Gasteiger partial charge in [0.2, 0.25) is 0 Å². The summed E-state index contributed by atoms with van der Waals surface area (Å²) in [5.74, 6) is -3.20. The van der Waals surface area contributed by atoms with E-state index in [4.69, 9.17) is 14.7 Å². The monoisotopic (exact) mass is 359 g/mol. The van der Waals surface area contributed by atoms with Crippen LogP contribution in [-0.2, 0) is 11.3 Å². The molecule has 2 aromatic rings. The van der Waals surface area contributed by atoms with E-state index in [9.17, 15) is 13.6 Å². The van der Waals surface area contributed by atoms with Crippen LogP contribution in [0.2, 0.25) is 0 Å². The van der Waals surface area contributed by atoms with Gasteiger partial charge in [-0.15, -0.1) is 0 Å². The molecule has 4 nitrogen and oxygen atoms in total. The van der Waals surface area contributed by atoms with Crippen molar-refractivity contribution in [2.75, 3.05) is 6.61 Å². The van der Waals surface area contributed by atoms with Gasteiger partial charge in [0, 0.05) is 18.7 Å². The Morgan fingerprint density at radius 3 is 2.35 bits per heavy atom. The Balaban J connectivity index is 1.95. The molecule has 0 bridgehead atoms. The Hall–Kier alpha value is -2.78. The van der Waals surface area contributed by atoms with Gasteiger partial charge in [0.1, 0.15) is 29.0 Å². The molecule has 0 fully saturated rings. The summed E-state index contributed by atoms with van der Waals surface area (Å²) in [6.07, 6.45) is 3.27. The summed E-state index contributed by atoms with van der Waals surface area (Å²) in [6.45, 7) is 3.26. The number of carbonyl (C=O) groups excluding carboxylic acids is 1. The van der Waals surface area contributed by atoms with Crippen molar-refractivity contribution in [2.24, 2.45) is 0 Å². The zero-order valence-corrected chi connectivity index (χ0v) is 14.4. The SMILES string of the molecule is CCCCCOCc1ccc(C(=O)Oc2cc(F)c(C#N)c(F)c2)cc1. The molecule has 136 valence electrons.